The van der Waals surface area contributed by atoms with E-state index in [2.05, 4.69) is 41.8 Å². The number of carbonyl (C=O) groups is 2. The number of halogens is 1. The Bertz CT molecular complexity index is 931. The van der Waals surface area contributed by atoms with E-state index in [1.165, 1.54) is 16.0 Å². The average molecular weight is 472 g/mol. The van der Waals surface area contributed by atoms with Crippen molar-refractivity contribution in [3.05, 3.63) is 70.1 Å². The summed E-state index contributed by atoms with van der Waals surface area (Å²) in [6.07, 6.45) is 8.31. The fraction of sp³-hybridized carbons (Fsp3) is 0.462. The van der Waals surface area contributed by atoms with Crippen LogP contribution in [0.2, 0.25) is 0 Å². The number of benzene rings is 1. The Balaban J connectivity index is 1.45. The zero-order chi connectivity index (χ0) is 23.8. The van der Waals surface area contributed by atoms with Crippen molar-refractivity contribution < 1.29 is 14.7 Å². The first-order chi connectivity index (χ1) is 15.9. The smallest absolute Gasteiger partial charge is 0.289 e. The second kappa shape index (κ2) is 11.9. The number of hydrogen-bond donors (Lipinski definition) is 3. The molecule has 1 heterocycles. The number of aliphatic hydroxyl groups is 1. The molecule has 1 aliphatic carbocycles. The summed E-state index contributed by atoms with van der Waals surface area (Å²) in [5.41, 5.74) is 2.67. The minimum Gasteiger partial charge on any atom is -0.503 e. The van der Waals surface area contributed by atoms with E-state index in [0.29, 0.717) is 24.0 Å². The summed E-state index contributed by atoms with van der Waals surface area (Å²) in [6, 6.07) is 10.5. The summed E-state index contributed by atoms with van der Waals surface area (Å²) in [7, 11) is 0. The van der Waals surface area contributed by atoms with Gasteiger partial charge < -0.3 is 20.6 Å². The number of rotatable bonds is 9. The first kappa shape index (κ1) is 24.9. The van der Waals surface area contributed by atoms with Crippen molar-refractivity contribution in [2.24, 2.45) is 0 Å². The molecule has 1 aromatic carbocycles. The highest BCUT2D eigenvalue weighted by Crippen LogP contribution is 2.33. The Labute approximate surface area is 201 Å². The maximum absolute atomic E-state index is 12.8. The van der Waals surface area contributed by atoms with Crippen LogP contribution in [-0.2, 0) is 9.59 Å². The molecule has 1 saturated carbocycles. The molecule has 0 atom stereocenters. The molecule has 3 rings (SSSR count). The number of hydrogen-bond acceptors (Lipinski definition) is 4. The molecule has 2 amide bonds. The third kappa shape index (κ3) is 6.87. The first-order valence-electron chi connectivity index (χ1n) is 11.7. The van der Waals surface area contributed by atoms with E-state index in [1.807, 2.05) is 19.1 Å². The van der Waals surface area contributed by atoms with Crippen LogP contribution < -0.4 is 10.6 Å². The van der Waals surface area contributed by atoms with Gasteiger partial charge in [-0.05, 0) is 56.6 Å². The van der Waals surface area contributed by atoms with E-state index in [0.717, 1.165) is 32.1 Å². The highest BCUT2D eigenvalue weighted by molar-refractivity contribution is 6.31. The summed E-state index contributed by atoms with van der Waals surface area (Å²) in [4.78, 5) is 26.6. The van der Waals surface area contributed by atoms with E-state index in [1.54, 1.807) is 6.20 Å². The Morgan fingerprint density at radius 2 is 1.91 bits per heavy atom. The molecule has 0 unspecified atom stereocenters. The van der Waals surface area contributed by atoms with Crippen molar-refractivity contribution in [2.45, 2.75) is 57.9 Å². The molecule has 7 heteroatoms. The summed E-state index contributed by atoms with van der Waals surface area (Å²) in [5, 5.41) is 16.9. The summed E-state index contributed by atoms with van der Waals surface area (Å²) in [5.74, 6) is -0.776. The lowest BCUT2D eigenvalue weighted by Crippen LogP contribution is -2.39. The lowest BCUT2D eigenvalue weighted by atomic mass is 9.82. The number of allylic oxidation sites excluding steroid dienone is 3. The third-order valence-electron chi connectivity index (χ3n) is 6.44. The Kier molecular flexibility index (Phi) is 9.01. The van der Waals surface area contributed by atoms with Crippen molar-refractivity contribution in [1.29, 1.82) is 0 Å². The second-order valence-electron chi connectivity index (χ2n) is 8.81. The summed E-state index contributed by atoms with van der Waals surface area (Å²) >= 11 is 6.14. The molecule has 0 spiro atoms. The third-order valence-corrected chi connectivity index (χ3v) is 6.66. The van der Waals surface area contributed by atoms with Crippen LogP contribution in [0, 0.1) is 0 Å². The van der Waals surface area contributed by atoms with Gasteiger partial charge in [-0.1, -0.05) is 54.4 Å². The zero-order valence-electron chi connectivity index (χ0n) is 19.4. The zero-order valence-corrected chi connectivity index (χ0v) is 20.2. The highest BCUT2D eigenvalue weighted by Gasteiger charge is 2.34. The van der Waals surface area contributed by atoms with Gasteiger partial charge in [-0.25, -0.2) is 0 Å². The van der Waals surface area contributed by atoms with Crippen LogP contribution in [0.1, 0.15) is 57.4 Å². The number of amides is 2. The SMILES string of the molecule is CC/C(C)=C/C(Cl)=C\NCCN1CC(C(=O)NC2CCC(c3ccccc3)CC2)=C(O)C1=O. The van der Waals surface area contributed by atoms with Crippen molar-refractivity contribution in [3.8, 4) is 0 Å². The first-order valence-corrected chi connectivity index (χ1v) is 12.1. The van der Waals surface area contributed by atoms with Gasteiger partial charge in [-0.15, -0.1) is 0 Å². The normalized spacial score (nSPS) is 22.0. The second-order valence-corrected chi connectivity index (χ2v) is 9.25. The van der Waals surface area contributed by atoms with Gasteiger partial charge in [-0.3, -0.25) is 9.59 Å². The Morgan fingerprint density at radius 3 is 2.58 bits per heavy atom. The van der Waals surface area contributed by atoms with Gasteiger partial charge in [0, 0.05) is 25.3 Å². The van der Waals surface area contributed by atoms with Crippen molar-refractivity contribution in [2.75, 3.05) is 19.6 Å². The minimum atomic E-state index is -0.508. The minimum absolute atomic E-state index is 0.0653. The van der Waals surface area contributed by atoms with Gasteiger partial charge in [0.1, 0.15) is 0 Å². The predicted molar refractivity (Wildman–Crippen MR) is 132 cm³/mol. The molecule has 0 aromatic heterocycles. The lowest BCUT2D eigenvalue weighted by Gasteiger charge is -2.29. The molecule has 1 aromatic rings. The molecular formula is C26H34ClN3O3. The molecule has 1 aliphatic heterocycles. The standard InChI is InChI=1S/C26H34ClN3O3/c1-3-18(2)15-21(27)16-28-13-14-30-17-23(24(31)26(30)33)25(32)29-22-11-9-20(10-12-22)19-7-5-4-6-8-19/h4-8,15-16,20,22,28,31H,3,9-14,17H2,1-2H3,(H,29,32)/b18-15+,21-16+. The monoisotopic (exact) mass is 471 g/mol. The molecule has 6 nitrogen and oxygen atoms in total. The van der Waals surface area contributed by atoms with E-state index in [-0.39, 0.29) is 24.1 Å². The molecule has 0 saturated heterocycles. The maximum Gasteiger partial charge on any atom is 0.289 e. The fourth-order valence-electron chi connectivity index (χ4n) is 4.29. The molecule has 3 N–H and O–H groups in total. The van der Waals surface area contributed by atoms with E-state index in [4.69, 9.17) is 11.6 Å². The molecule has 0 bridgehead atoms. The number of nitrogens with one attached hydrogen (secondary N) is 2. The molecule has 2 aliphatic rings. The summed E-state index contributed by atoms with van der Waals surface area (Å²) < 4.78 is 0. The van der Waals surface area contributed by atoms with Gasteiger partial charge in [-0.2, -0.15) is 0 Å². The molecule has 33 heavy (non-hydrogen) atoms. The topological polar surface area (TPSA) is 81.7 Å². The fourth-order valence-corrected chi connectivity index (χ4v) is 4.56. The van der Waals surface area contributed by atoms with E-state index < -0.39 is 11.7 Å². The molecule has 1 fully saturated rings. The largest absolute Gasteiger partial charge is 0.503 e. The van der Waals surface area contributed by atoms with Gasteiger partial charge in [0.2, 0.25) is 0 Å². The molecule has 0 radical (unpaired) electrons. The van der Waals surface area contributed by atoms with Gasteiger partial charge in [0.15, 0.2) is 5.76 Å². The van der Waals surface area contributed by atoms with Crippen LogP contribution in [0.5, 0.6) is 0 Å². The van der Waals surface area contributed by atoms with Crippen molar-refractivity contribution >= 4 is 23.4 Å². The Morgan fingerprint density at radius 1 is 1.21 bits per heavy atom. The number of aliphatic hydroxyl groups excluding tert-OH is 1. The van der Waals surface area contributed by atoms with E-state index >= 15 is 0 Å². The summed E-state index contributed by atoms with van der Waals surface area (Å²) in [6.45, 7) is 5.01. The van der Waals surface area contributed by atoms with E-state index in [9.17, 15) is 14.7 Å². The number of nitrogens with zero attached hydrogens (tertiary/aromatic N) is 1. The van der Waals surface area contributed by atoms with Gasteiger partial charge >= 0.3 is 0 Å². The molecular weight excluding hydrogens is 438 g/mol. The van der Waals surface area contributed by atoms with Gasteiger partial charge in [0.05, 0.1) is 17.2 Å². The van der Waals surface area contributed by atoms with Crippen LogP contribution in [0.25, 0.3) is 0 Å². The predicted octanol–water partition coefficient (Wildman–Crippen LogP) is 4.51. The van der Waals surface area contributed by atoms with Crippen LogP contribution >= 0.6 is 11.6 Å². The highest BCUT2D eigenvalue weighted by atomic mass is 35.5. The van der Waals surface area contributed by atoms with Crippen LogP contribution in [0.3, 0.4) is 0 Å². The lowest BCUT2D eigenvalue weighted by molar-refractivity contribution is -0.127. The van der Waals surface area contributed by atoms with Crippen LogP contribution in [-0.4, -0.2) is 47.5 Å². The van der Waals surface area contributed by atoms with Crippen LogP contribution in [0.15, 0.2) is 64.5 Å². The molecule has 178 valence electrons. The van der Waals surface area contributed by atoms with Crippen LogP contribution in [0.4, 0.5) is 0 Å². The van der Waals surface area contributed by atoms with Gasteiger partial charge in [0.25, 0.3) is 11.8 Å². The number of carbonyl (C=O) groups excluding carboxylic acids is 2. The maximum atomic E-state index is 12.8. The quantitative estimate of drug-likeness (QED) is 0.365. The Hall–Kier alpha value is -2.73. The van der Waals surface area contributed by atoms with Crippen molar-refractivity contribution in [3.63, 3.8) is 0 Å². The average Bonchev–Trinajstić information content (AvgIpc) is 3.11. The van der Waals surface area contributed by atoms with Crippen molar-refractivity contribution in [1.82, 2.24) is 15.5 Å².